The zero-order valence-electron chi connectivity index (χ0n) is 29.2. The van der Waals surface area contributed by atoms with Crippen molar-refractivity contribution in [3.63, 3.8) is 0 Å². The molecule has 0 fully saturated rings. The fraction of sp³-hybridized carbons (Fsp3) is 1.00. The summed E-state index contributed by atoms with van der Waals surface area (Å²) < 4.78 is 0. The minimum atomic E-state index is -0.449. The van der Waals surface area contributed by atoms with Gasteiger partial charge in [0.2, 0.25) is 0 Å². The fourth-order valence-electron chi connectivity index (χ4n) is 6.49. The van der Waals surface area contributed by atoms with Crippen molar-refractivity contribution >= 4 is 0 Å². The van der Waals surface area contributed by atoms with E-state index in [1.807, 2.05) is 0 Å². The second-order valence-corrected chi connectivity index (χ2v) is 14.5. The molecule has 0 rings (SSSR count). The molecule has 2 N–H and O–H groups in total. The standard InChI is InChI=1S/C39H80O2/c1-5-7-9-11-13-15-18-22-26-30-34-38(3,40)36-32-28-24-20-17-21-25-29-33-37-39(4,41)35-31-27-23-19-16-14-12-10-8-6-2/h40-41H,5-37H2,1-4H3. The van der Waals surface area contributed by atoms with Crippen molar-refractivity contribution in [3.05, 3.63) is 0 Å². The minimum absolute atomic E-state index is 0.449. The molecule has 0 aromatic carbocycles. The van der Waals surface area contributed by atoms with Crippen LogP contribution in [-0.4, -0.2) is 21.4 Å². The van der Waals surface area contributed by atoms with E-state index in [1.54, 1.807) is 0 Å². The highest BCUT2D eigenvalue weighted by Crippen LogP contribution is 2.24. The van der Waals surface area contributed by atoms with Crippen molar-refractivity contribution in [3.8, 4) is 0 Å². The van der Waals surface area contributed by atoms with Crippen molar-refractivity contribution in [1.29, 1.82) is 0 Å². The van der Waals surface area contributed by atoms with Crippen LogP contribution < -0.4 is 0 Å². The van der Waals surface area contributed by atoms with Crippen molar-refractivity contribution in [2.75, 3.05) is 0 Å². The first-order valence-electron chi connectivity index (χ1n) is 19.3. The summed E-state index contributed by atoms with van der Waals surface area (Å²) in [5, 5.41) is 21.4. The van der Waals surface area contributed by atoms with Crippen molar-refractivity contribution < 1.29 is 10.2 Å². The maximum atomic E-state index is 10.7. The van der Waals surface area contributed by atoms with Crippen LogP contribution in [0.5, 0.6) is 0 Å². The molecule has 0 radical (unpaired) electrons. The molecule has 0 aliphatic rings. The monoisotopic (exact) mass is 581 g/mol. The zero-order chi connectivity index (χ0) is 30.3. The predicted octanol–water partition coefficient (Wildman–Crippen LogP) is 13.4. The molecule has 0 aromatic heterocycles. The van der Waals surface area contributed by atoms with Crippen LogP contribution >= 0.6 is 0 Å². The topological polar surface area (TPSA) is 40.5 Å². The Morgan fingerprint density at radius 3 is 0.585 bits per heavy atom. The lowest BCUT2D eigenvalue weighted by Gasteiger charge is -2.23. The number of unbranched alkanes of at least 4 members (excludes halogenated alkanes) is 26. The minimum Gasteiger partial charge on any atom is -0.390 e. The average Bonchev–Trinajstić information content (AvgIpc) is 2.93. The first-order chi connectivity index (χ1) is 19.8. The zero-order valence-corrected chi connectivity index (χ0v) is 29.2. The van der Waals surface area contributed by atoms with Crippen molar-refractivity contribution in [2.45, 2.75) is 251 Å². The van der Waals surface area contributed by atoms with Crippen molar-refractivity contribution in [2.24, 2.45) is 0 Å². The van der Waals surface area contributed by atoms with E-state index in [2.05, 4.69) is 27.7 Å². The Morgan fingerprint density at radius 2 is 0.415 bits per heavy atom. The Balaban J connectivity index is 3.43. The fourth-order valence-corrected chi connectivity index (χ4v) is 6.49. The third kappa shape index (κ3) is 32.7. The molecule has 2 nitrogen and oxygen atoms in total. The number of hydrogen-bond acceptors (Lipinski definition) is 2. The molecule has 0 bridgehead atoms. The van der Waals surface area contributed by atoms with Crippen LogP contribution in [0.3, 0.4) is 0 Å². The molecule has 0 amide bonds. The summed E-state index contributed by atoms with van der Waals surface area (Å²) in [5.41, 5.74) is -0.899. The predicted molar refractivity (Wildman–Crippen MR) is 185 cm³/mol. The van der Waals surface area contributed by atoms with E-state index in [0.29, 0.717) is 0 Å². The van der Waals surface area contributed by atoms with E-state index in [-0.39, 0.29) is 0 Å². The highest BCUT2D eigenvalue weighted by molar-refractivity contribution is 4.73. The Labute approximate surface area is 260 Å². The van der Waals surface area contributed by atoms with Gasteiger partial charge in [-0.25, -0.2) is 0 Å². The Morgan fingerprint density at radius 1 is 0.268 bits per heavy atom. The van der Waals surface area contributed by atoms with Gasteiger partial charge in [0.15, 0.2) is 0 Å². The Hall–Kier alpha value is -0.0800. The quantitative estimate of drug-likeness (QED) is 0.0743. The van der Waals surface area contributed by atoms with Gasteiger partial charge in [0.25, 0.3) is 0 Å². The van der Waals surface area contributed by atoms with Gasteiger partial charge >= 0.3 is 0 Å². The molecule has 0 aromatic rings. The third-order valence-corrected chi connectivity index (χ3v) is 9.57. The molecule has 0 saturated carbocycles. The van der Waals surface area contributed by atoms with E-state index in [0.717, 1.165) is 25.7 Å². The normalized spacial score (nSPS) is 14.8. The van der Waals surface area contributed by atoms with E-state index in [9.17, 15) is 10.2 Å². The van der Waals surface area contributed by atoms with Gasteiger partial charge in [0, 0.05) is 0 Å². The lowest BCUT2D eigenvalue weighted by atomic mass is 9.91. The maximum Gasteiger partial charge on any atom is 0.0619 e. The van der Waals surface area contributed by atoms with Crippen LogP contribution in [0.15, 0.2) is 0 Å². The SMILES string of the molecule is CCCCCCCCCCCCC(C)(O)CCCCCCCCCCCC(C)(O)CCCCCCCCCCCC. The smallest absolute Gasteiger partial charge is 0.0619 e. The lowest BCUT2D eigenvalue weighted by molar-refractivity contribution is 0.0362. The molecule has 0 heterocycles. The van der Waals surface area contributed by atoms with E-state index >= 15 is 0 Å². The van der Waals surface area contributed by atoms with Crippen LogP contribution in [0.4, 0.5) is 0 Å². The van der Waals surface area contributed by atoms with Crippen LogP contribution in [0.2, 0.25) is 0 Å². The van der Waals surface area contributed by atoms with Gasteiger partial charge in [-0.15, -0.1) is 0 Å². The first kappa shape index (κ1) is 40.9. The molecular formula is C39H80O2. The summed E-state index contributed by atoms with van der Waals surface area (Å²) in [5.74, 6) is 0. The largest absolute Gasteiger partial charge is 0.390 e. The molecule has 0 aliphatic carbocycles. The number of hydrogen-bond donors (Lipinski definition) is 2. The summed E-state index contributed by atoms with van der Waals surface area (Å²) >= 11 is 0. The van der Waals surface area contributed by atoms with E-state index in [1.165, 1.54) is 186 Å². The van der Waals surface area contributed by atoms with Gasteiger partial charge < -0.3 is 10.2 Å². The Bertz CT molecular complexity index is 454. The van der Waals surface area contributed by atoms with E-state index in [4.69, 9.17) is 0 Å². The molecule has 248 valence electrons. The number of aliphatic hydroxyl groups is 2. The molecule has 0 spiro atoms. The van der Waals surface area contributed by atoms with Crippen LogP contribution in [0.1, 0.15) is 240 Å². The van der Waals surface area contributed by atoms with E-state index < -0.39 is 11.2 Å². The van der Waals surface area contributed by atoms with Gasteiger partial charge in [-0.1, -0.05) is 200 Å². The van der Waals surface area contributed by atoms with Gasteiger partial charge in [-0.3, -0.25) is 0 Å². The molecule has 0 saturated heterocycles. The first-order valence-corrected chi connectivity index (χ1v) is 19.3. The summed E-state index contributed by atoms with van der Waals surface area (Å²) in [6, 6.07) is 0. The Kier molecular flexibility index (Phi) is 29.9. The third-order valence-electron chi connectivity index (χ3n) is 9.57. The van der Waals surface area contributed by atoms with Gasteiger partial charge in [0.1, 0.15) is 0 Å². The van der Waals surface area contributed by atoms with Gasteiger partial charge in [-0.05, 0) is 39.5 Å². The highest BCUT2D eigenvalue weighted by atomic mass is 16.3. The average molecular weight is 581 g/mol. The van der Waals surface area contributed by atoms with Crippen LogP contribution in [0, 0.1) is 0 Å². The van der Waals surface area contributed by atoms with Crippen LogP contribution in [-0.2, 0) is 0 Å². The summed E-state index contributed by atoms with van der Waals surface area (Å²) in [6.45, 7) is 8.70. The molecule has 2 atom stereocenters. The number of rotatable bonds is 34. The molecule has 2 unspecified atom stereocenters. The maximum absolute atomic E-state index is 10.7. The molecule has 41 heavy (non-hydrogen) atoms. The van der Waals surface area contributed by atoms with Crippen LogP contribution in [0.25, 0.3) is 0 Å². The summed E-state index contributed by atoms with van der Waals surface area (Å²) in [4.78, 5) is 0. The van der Waals surface area contributed by atoms with Gasteiger partial charge in [0.05, 0.1) is 11.2 Å². The second-order valence-electron chi connectivity index (χ2n) is 14.5. The summed E-state index contributed by atoms with van der Waals surface area (Å²) in [6.07, 6.45) is 42.8. The molecule has 2 heteroatoms. The van der Waals surface area contributed by atoms with Crippen molar-refractivity contribution in [1.82, 2.24) is 0 Å². The lowest BCUT2D eigenvalue weighted by Crippen LogP contribution is -2.23. The molecular weight excluding hydrogens is 500 g/mol. The molecule has 0 aliphatic heterocycles. The van der Waals surface area contributed by atoms with Gasteiger partial charge in [-0.2, -0.15) is 0 Å². The summed E-state index contributed by atoms with van der Waals surface area (Å²) in [7, 11) is 0. The highest BCUT2D eigenvalue weighted by Gasteiger charge is 2.19. The second kappa shape index (κ2) is 30.0.